The van der Waals surface area contributed by atoms with Gasteiger partial charge >= 0.3 is 0 Å². The Bertz CT molecular complexity index is 402. The molecule has 1 fully saturated rings. The van der Waals surface area contributed by atoms with Crippen molar-refractivity contribution < 1.29 is 0 Å². The van der Waals surface area contributed by atoms with Gasteiger partial charge in [0.2, 0.25) is 0 Å². The largest absolute Gasteiger partial charge is 0.310 e. The van der Waals surface area contributed by atoms with Gasteiger partial charge in [0.25, 0.3) is 0 Å². The fraction of sp³-hybridized carbons (Fsp3) is 0.429. The van der Waals surface area contributed by atoms with Crippen molar-refractivity contribution in [3.8, 4) is 0 Å². The van der Waals surface area contributed by atoms with Crippen LogP contribution >= 0.6 is 23.2 Å². The van der Waals surface area contributed by atoms with Crippen LogP contribution in [0.5, 0.6) is 0 Å². The Morgan fingerprint density at radius 3 is 2.47 bits per heavy atom. The Hall–Kier alpha value is -0.500. The molecule has 0 saturated heterocycles. The second kappa shape index (κ2) is 5.90. The number of nitrogens with one attached hydrogen (secondary N) is 1. The summed E-state index contributed by atoms with van der Waals surface area (Å²) in [5.41, 5.74) is 2.46. The van der Waals surface area contributed by atoms with Gasteiger partial charge in [-0.15, -0.1) is 0 Å². The fourth-order valence-corrected chi connectivity index (χ4v) is 2.28. The first kappa shape index (κ1) is 12.9. The minimum absolute atomic E-state index is 0.689. The number of rotatable bonds is 5. The molecular formula is C14H17Cl2N. The van der Waals surface area contributed by atoms with Crippen LogP contribution in [-0.4, -0.2) is 12.6 Å². The highest BCUT2D eigenvalue weighted by atomic mass is 35.5. The molecule has 1 saturated carbocycles. The maximum atomic E-state index is 5.98. The number of halogens is 2. The lowest BCUT2D eigenvalue weighted by atomic mass is 10.1. The van der Waals surface area contributed by atoms with E-state index in [0.29, 0.717) is 10.0 Å². The van der Waals surface area contributed by atoms with Gasteiger partial charge in [-0.25, -0.2) is 0 Å². The maximum absolute atomic E-state index is 5.98. The van der Waals surface area contributed by atoms with Gasteiger partial charge in [-0.2, -0.15) is 0 Å². The second-order valence-corrected chi connectivity index (χ2v) is 5.39. The highest BCUT2D eigenvalue weighted by molar-refractivity contribution is 6.34. The molecular weight excluding hydrogens is 253 g/mol. The summed E-state index contributed by atoms with van der Waals surface area (Å²) < 4.78 is 0. The summed E-state index contributed by atoms with van der Waals surface area (Å²) in [4.78, 5) is 0. The molecule has 1 aromatic carbocycles. The monoisotopic (exact) mass is 269 g/mol. The van der Waals surface area contributed by atoms with Crippen LogP contribution in [-0.2, 0) is 0 Å². The molecule has 1 nitrogen and oxygen atoms in total. The van der Waals surface area contributed by atoms with E-state index in [1.54, 1.807) is 6.07 Å². The average molecular weight is 270 g/mol. The van der Waals surface area contributed by atoms with Crippen LogP contribution in [0, 0.1) is 0 Å². The van der Waals surface area contributed by atoms with Crippen molar-refractivity contribution in [3.05, 3.63) is 39.4 Å². The molecule has 1 N–H and O–H groups in total. The third kappa shape index (κ3) is 4.34. The third-order valence-electron chi connectivity index (χ3n) is 2.90. The SMILES string of the molecule is CCC(=Cc1cc(Cl)cc(Cl)c1)CNC1CC1. The van der Waals surface area contributed by atoms with Gasteiger partial charge in [0.15, 0.2) is 0 Å². The Kier molecular flexibility index (Phi) is 4.49. The zero-order valence-corrected chi connectivity index (χ0v) is 11.5. The minimum atomic E-state index is 0.689. The van der Waals surface area contributed by atoms with E-state index in [1.165, 1.54) is 18.4 Å². The van der Waals surface area contributed by atoms with Crippen molar-refractivity contribution in [1.82, 2.24) is 5.32 Å². The lowest BCUT2D eigenvalue weighted by Gasteiger charge is -2.07. The summed E-state index contributed by atoms with van der Waals surface area (Å²) >= 11 is 12.0. The first-order valence-electron chi connectivity index (χ1n) is 6.06. The van der Waals surface area contributed by atoms with Crippen molar-refractivity contribution in [2.24, 2.45) is 0 Å². The summed E-state index contributed by atoms with van der Waals surface area (Å²) in [6, 6.07) is 6.39. The molecule has 17 heavy (non-hydrogen) atoms. The molecule has 1 aliphatic carbocycles. The topological polar surface area (TPSA) is 12.0 Å². The molecule has 0 spiro atoms. The van der Waals surface area contributed by atoms with Gasteiger partial charge in [0, 0.05) is 22.6 Å². The molecule has 92 valence electrons. The predicted molar refractivity (Wildman–Crippen MR) is 75.8 cm³/mol. The lowest BCUT2D eigenvalue weighted by Crippen LogP contribution is -2.18. The van der Waals surface area contributed by atoms with Crippen LogP contribution in [0.4, 0.5) is 0 Å². The van der Waals surface area contributed by atoms with Crippen LogP contribution in [0.3, 0.4) is 0 Å². The lowest BCUT2D eigenvalue weighted by molar-refractivity contribution is 0.723. The number of benzene rings is 1. The smallest absolute Gasteiger partial charge is 0.0426 e. The van der Waals surface area contributed by atoms with E-state index < -0.39 is 0 Å². The summed E-state index contributed by atoms with van der Waals surface area (Å²) in [5.74, 6) is 0. The zero-order chi connectivity index (χ0) is 12.3. The predicted octanol–water partition coefficient (Wildman–Crippen LogP) is 4.54. The molecule has 0 radical (unpaired) electrons. The molecule has 0 aliphatic heterocycles. The van der Waals surface area contributed by atoms with Crippen LogP contribution in [0.25, 0.3) is 6.08 Å². The molecule has 0 aromatic heterocycles. The van der Waals surface area contributed by atoms with Crippen LogP contribution in [0.2, 0.25) is 10.0 Å². The normalized spacial score (nSPS) is 16.3. The highest BCUT2D eigenvalue weighted by Crippen LogP contribution is 2.22. The van der Waals surface area contributed by atoms with Crippen molar-refractivity contribution in [2.75, 3.05) is 6.54 Å². The first-order chi connectivity index (χ1) is 8.17. The summed E-state index contributed by atoms with van der Waals surface area (Å²) in [6.45, 7) is 3.14. The molecule has 0 amide bonds. The molecule has 1 aliphatic rings. The van der Waals surface area contributed by atoms with Crippen LogP contribution < -0.4 is 5.32 Å². The van der Waals surface area contributed by atoms with E-state index in [2.05, 4.69) is 18.3 Å². The van der Waals surface area contributed by atoms with Gasteiger partial charge in [0.1, 0.15) is 0 Å². The third-order valence-corrected chi connectivity index (χ3v) is 3.34. The van der Waals surface area contributed by atoms with E-state index in [9.17, 15) is 0 Å². The molecule has 0 bridgehead atoms. The standard InChI is InChI=1S/C14H17Cl2N/c1-2-10(9-17-14-3-4-14)5-11-6-12(15)8-13(16)7-11/h5-8,14,17H,2-4,9H2,1H3. The summed E-state index contributed by atoms with van der Waals surface area (Å²) in [7, 11) is 0. The molecule has 1 aromatic rings. The Balaban J connectivity index is 2.07. The van der Waals surface area contributed by atoms with Gasteiger partial charge in [-0.1, -0.05) is 41.8 Å². The molecule has 2 rings (SSSR count). The van der Waals surface area contributed by atoms with E-state index in [-0.39, 0.29) is 0 Å². The van der Waals surface area contributed by atoms with E-state index in [4.69, 9.17) is 23.2 Å². The molecule has 0 unspecified atom stereocenters. The Morgan fingerprint density at radius 1 is 1.29 bits per heavy atom. The van der Waals surface area contributed by atoms with E-state index in [1.807, 2.05) is 12.1 Å². The molecule has 0 heterocycles. The van der Waals surface area contributed by atoms with Gasteiger partial charge in [0.05, 0.1) is 0 Å². The number of hydrogen-bond acceptors (Lipinski definition) is 1. The average Bonchev–Trinajstić information content (AvgIpc) is 3.06. The van der Waals surface area contributed by atoms with Gasteiger partial charge < -0.3 is 5.32 Å². The van der Waals surface area contributed by atoms with Crippen LogP contribution in [0.15, 0.2) is 23.8 Å². The van der Waals surface area contributed by atoms with Crippen LogP contribution in [0.1, 0.15) is 31.7 Å². The Labute approximate surface area is 113 Å². The first-order valence-corrected chi connectivity index (χ1v) is 6.82. The van der Waals surface area contributed by atoms with Crippen molar-refractivity contribution in [3.63, 3.8) is 0 Å². The Morgan fingerprint density at radius 2 is 1.94 bits per heavy atom. The maximum Gasteiger partial charge on any atom is 0.0426 e. The summed E-state index contributed by atoms with van der Waals surface area (Å²) in [6.07, 6.45) is 5.86. The van der Waals surface area contributed by atoms with E-state index in [0.717, 1.165) is 24.6 Å². The summed E-state index contributed by atoms with van der Waals surface area (Å²) in [5, 5.41) is 4.90. The highest BCUT2D eigenvalue weighted by Gasteiger charge is 2.19. The van der Waals surface area contributed by atoms with Gasteiger partial charge in [-0.05, 0) is 43.0 Å². The number of hydrogen-bond donors (Lipinski definition) is 1. The van der Waals surface area contributed by atoms with E-state index >= 15 is 0 Å². The zero-order valence-electron chi connectivity index (χ0n) is 9.97. The quantitative estimate of drug-likeness (QED) is 0.828. The molecule has 3 heteroatoms. The van der Waals surface area contributed by atoms with Gasteiger partial charge in [-0.3, -0.25) is 0 Å². The van der Waals surface area contributed by atoms with Crippen molar-refractivity contribution >= 4 is 29.3 Å². The van der Waals surface area contributed by atoms with Crippen molar-refractivity contribution in [2.45, 2.75) is 32.2 Å². The second-order valence-electron chi connectivity index (χ2n) is 4.51. The van der Waals surface area contributed by atoms with Crippen molar-refractivity contribution in [1.29, 1.82) is 0 Å². The molecule has 0 atom stereocenters. The minimum Gasteiger partial charge on any atom is -0.310 e. The fourth-order valence-electron chi connectivity index (χ4n) is 1.74.